The van der Waals surface area contributed by atoms with E-state index in [-0.39, 0.29) is 4.90 Å². The van der Waals surface area contributed by atoms with E-state index in [0.717, 1.165) is 25.5 Å². The second kappa shape index (κ2) is 6.02. The maximum Gasteiger partial charge on any atom is 0.243 e. The predicted molar refractivity (Wildman–Crippen MR) is 78.9 cm³/mol. The molecule has 0 aromatic heterocycles. The molecule has 1 atom stereocenters. The van der Waals surface area contributed by atoms with Crippen LogP contribution in [0, 0.1) is 11.7 Å². The molecule has 1 unspecified atom stereocenters. The van der Waals surface area contributed by atoms with Gasteiger partial charge in [-0.05, 0) is 56.3 Å². The van der Waals surface area contributed by atoms with Crippen LogP contribution in [-0.2, 0) is 10.0 Å². The highest BCUT2D eigenvalue weighted by atomic mass is 32.2. The molecule has 1 aromatic rings. The van der Waals surface area contributed by atoms with Crippen molar-refractivity contribution in [3.8, 4) is 0 Å². The summed E-state index contributed by atoms with van der Waals surface area (Å²) in [5, 5.41) is 3.50. The van der Waals surface area contributed by atoms with Crippen LogP contribution in [0.4, 0.5) is 4.39 Å². The summed E-state index contributed by atoms with van der Waals surface area (Å²) in [5.74, 6) is 0.0487. The molecule has 0 amide bonds. The molecule has 1 aromatic carbocycles. The van der Waals surface area contributed by atoms with Crippen molar-refractivity contribution in [3.05, 3.63) is 30.1 Å². The van der Waals surface area contributed by atoms with E-state index < -0.39 is 15.8 Å². The second-order valence-electron chi connectivity index (χ2n) is 5.90. The number of nitrogens with one attached hydrogen (secondary N) is 1. The number of sulfonamides is 1. The van der Waals surface area contributed by atoms with Gasteiger partial charge in [0.1, 0.15) is 5.82 Å². The van der Waals surface area contributed by atoms with Crippen LogP contribution in [0.1, 0.15) is 25.7 Å². The van der Waals surface area contributed by atoms with Crippen LogP contribution in [0.3, 0.4) is 0 Å². The molecule has 0 saturated carbocycles. The van der Waals surface area contributed by atoms with Gasteiger partial charge in [0.2, 0.25) is 10.0 Å². The van der Waals surface area contributed by atoms with Gasteiger partial charge in [-0.3, -0.25) is 0 Å². The summed E-state index contributed by atoms with van der Waals surface area (Å²) in [6.45, 7) is 2.13. The van der Waals surface area contributed by atoms with Crippen molar-refractivity contribution in [2.75, 3.05) is 19.6 Å². The van der Waals surface area contributed by atoms with Crippen molar-refractivity contribution in [1.29, 1.82) is 0 Å². The van der Waals surface area contributed by atoms with Gasteiger partial charge in [0, 0.05) is 19.1 Å². The summed E-state index contributed by atoms with van der Waals surface area (Å²) in [6.07, 6.45) is 4.17. The van der Waals surface area contributed by atoms with Crippen LogP contribution in [0.5, 0.6) is 0 Å². The molecule has 0 aliphatic carbocycles. The van der Waals surface area contributed by atoms with E-state index in [4.69, 9.17) is 0 Å². The van der Waals surface area contributed by atoms with Gasteiger partial charge in [-0.1, -0.05) is 6.07 Å². The summed E-state index contributed by atoms with van der Waals surface area (Å²) in [6, 6.07) is 5.81. The molecular formula is C15H21FN2O2S. The Hall–Kier alpha value is -0.980. The molecule has 2 aliphatic heterocycles. The Balaban J connectivity index is 1.68. The monoisotopic (exact) mass is 312 g/mol. The molecule has 2 aliphatic rings. The Morgan fingerprint density at radius 2 is 1.95 bits per heavy atom. The average molecular weight is 312 g/mol. The third kappa shape index (κ3) is 3.12. The van der Waals surface area contributed by atoms with E-state index >= 15 is 0 Å². The normalized spacial score (nSPS) is 25.3. The molecule has 2 saturated heterocycles. The quantitative estimate of drug-likeness (QED) is 0.928. The zero-order chi connectivity index (χ0) is 14.9. The van der Waals surface area contributed by atoms with Crippen molar-refractivity contribution < 1.29 is 12.8 Å². The van der Waals surface area contributed by atoms with Crippen LogP contribution >= 0.6 is 0 Å². The SMILES string of the molecule is O=S(=O)(c1cccc(F)c1)N1CCC(C2CCCN2)CC1. The van der Waals surface area contributed by atoms with E-state index in [9.17, 15) is 12.8 Å². The Morgan fingerprint density at radius 1 is 1.19 bits per heavy atom. The maximum absolute atomic E-state index is 13.2. The molecule has 0 spiro atoms. The van der Waals surface area contributed by atoms with Gasteiger partial charge in [0.15, 0.2) is 0 Å². The largest absolute Gasteiger partial charge is 0.314 e. The fraction of sp³-hybridized carbons (Fsp3) is 0.600. The van der Waals surface area contributed by atoms with E-state index in [1.165, 1.54) is 35.3 Å². The lowest BCUT2D eigenvalue weighted by Gasteiger charge is -2.34. The van der Waals surface area contributed by atoms with Crippen LogP contribution in [0.2, 0.25) is 0 Å². The summed E-state index contributed by atoms with van der Waals surface area (Å²) >= 11 is 0. The van der Waals surface area contributed by atoms with Crippen molar-refractivity contribution >= 4 is 10.0 Å². The molecule has 6 heteroatoms. The van der Waals surface area contributed by atoms with Crippen molar-refractivity contribution in [2.24, 2.45) is 5.92 Å². The number of piperidine rings is 1. The first kappa shape index (κ1) is 14.9. The standard InChI is InChI=1S/C15H21FN2O2S/c16-13-3-1-4-14(11-13)21(19,20)18-9-6-12(7-10-18)15-5-2-8-17-15/h1,3-4,11-12,15,17H,2,5-10H2. The Morgan fingerprint density at radius 3 is 2.57 bits per heavy atom. The topological polar surface area (TPSA) is 49.4 Å². The average Bonchev–Trinajstić information content (AvgIpc) is 3.02. The predicted octanol–water partition coefficient (Wildman–Crippen LogP) is 1.98. The molecule has 1 N–H and O–H groups in total. The zero-order valence-electron chi connectivity index (χ0n) is 12.0. The Kier molecular flexibility index (Phi) is 4.28. The first-order valence-corrected chi connectivity index (χ1v) is 9.00. The Bertz CT molecular complexity index is 591. The van der Waals surface area contributed by atoms with Gasteiger partial charge in [0.05, 0.1) is 4.90 Å². The van der Waals surface area contributed by atoms with Gasteiger partial charge in [-0.15, -0.1) is 0 Å². The lowest BCUT2D eigenvalue weighted by Crippen LogP contribution is -2.43. The molecule has 2 fully saturated rings. The minimum Gasteiger partial charge on any atom is -0.314 e. The lowest BCUT2D eigenvalue weighted by molar-refractivity contribution is 0.234. The summed E-state index contributed by atoms with van der Waals surface area (Å²) in [5.41, 5.74) is 0. The number of nitrogens with zero attached hydrogens (tertiary/aromatic N) is 1. The number of hydrogen-bond donors (Lipinski definition) is 1. The van der Waals surface area contributed by atoms with E-state index in [2.05, 4.69) is 5.32 Å². The smallest absolute Gasteiger partial charge is 0.243 e. The fourth-order valence-corrected chi connectivity index (χ4v) is 4.91. The van der Waals surface area contributed by atoms with Crippen LogP contribution in [0.15, 0.2) is 29.2 Å². The molecule has 21 heavy (non-hydrogen) atoms. The second-order valence-corrected chi connectivity index (χ2v) is 7.84. The highest BCUT2D eigenvalue weighted by molar-refractivity contribution is 7.89. The molecule has 4 nitrogen and oxygen atoms in total. The summed E-state index contributed by atoms with van der Waals surface area (Å²) in [7, 11) is -3.56. The molecular weight excluding hydrogens is 291 g/mol. The minimum absolute atomic E-state index is 0.0555. The van der Waals surface area contributed by atoms with Crippen molar-refractivity contribution in [3.63, 3.8) is 0 Å². The minimum atomic E-state index is -3.56. The highest BCUT2D eigenvalue weighted by Crippen LogP contribution is 2.28. The van der Waals surface area contributed by atoms with E-state index in [1.54, 1.807) is 0 Å². The first-order chi connectivity index (χ1) is 10.1. The zero-order valence-corrected chi connectivity index (χ0v) is 12.8. The van der Waals surface area contributed by atoms with Crippen molar-refractivity contribution in [1.82, 2.24) is 9.62 Å². The van der Waals surface area contributed by atoms with Crippen LogP contribution in [0.25, 0.3) is 0 Å². The van der Waals surface area contributed by atoms with Crippen molar-refractivity contribution in [2.45, 2.75) is 36.6 Å². The molecule has 2 heterocycles. The number of hydrogen-bond acceptors (Lipinski definition) is 3. The molecule has 0 radical (unpaired) electrons. The van der Waals surface area contributed by atoms with Gasteiger partial charge in [-0.25, -0.2) is 12.8 Å². The lowest BCUT2D eigenvalue weighted by atomic mass is 9.89. The van der Waals surface area contributed by atoms with Gasteiger partial charge >= 0.3 is 0 Å². The molecule has 116 valence electrons. The fourth-order valence-electron chi connectivity index (χ4n) is 3.41. The third-order valence-electron chi connectivity index (χ3n) is 4.60. The number of rotatable bonds is 3. The first-order valence-electron chi connectivity index (χ1n) is 7.56. The summed E-state index contributed by atoms with van der Waals surface area (Å²) in [4.78, 5) is 0.0555. The van der Waals surface area contributed by atoms with Gasteiger partial charge < -0.3 is 5.32 Å². The van der Waals surface area contributed by atoms with Gasteiger partial charge in [0.25, 0.3) is 0 Å². The molecule has 0 bridgehead atoms. The number of benzene rings is 1. The maximum atomic E-state index is 13.2. The highest BCUT2D eigenvalue weighted by Gasteiger charge is 2.33. The summed E-state index contributed by atoms with van der Waals surface area (Å²) < 4.78 is 39.8. The van der Waals surface area contributed by atoms with E-state index in [1.807, 2.05) is 0 Å². The Labute approximate surface area is 125 Å². The third-order valence-corrected chi connectivity index (χ3v) is 6.49. The van der Waals surface area contributed by atoms with Gasteiger partial charge in [-0.2, -0.15) is 4.31 Å². The van der Waals surface area contributed by atoms with Crippen LogP contribution in [-0.4, -0.2) is 38.4 Å². The number of halogens is 1. The molecule has 3 rings (SSSR count). The van der Waals surface area contributed by atoms with Crippen LogP contribution < -0.4 is 5.32 Å². The van der Waals surface area contributed by atoms with E-state index in [0.29, 0.717) is 25.0 Å².